The fourth-order valence-electron chi connectivity index (χ4n) is 1.38. The summed E-state index contributed by atoms with van der Waals surface area (Å²) in [6.45, 7) is 4.17. The van der Waals surface area contributed by atoms with E-state index in [-0.39, 0.29) is 11.7 Å². The molecule has 4 heteroatoms. The van der Waals surface area contributed by atoms with Crippen LogP contribution in [0.4, 0.5) is 0 Å². The van der Waals surface area contributed by atoms with Crippen LogP contribution in [0.2, 0.25) is 0 Å². The highest BCUT2D eigenvalue weighted by Gasteiger charge is 2.04. The monoisotopic (exact) mass is 234 g/mol. The van der Waals surface area contributed by atoms with Crippen LogP contribution in [0, 0.1) is 5.92 Å². The van der Waals surface area contributed by atoms with Gasteiger partial charge in [0.25, 0.3) is 5.91 Å². The van der Waals surface area contributed by atoms with Crippen LogP contribution >= 0.6 is 0 Å². The second-order valence-electron chi connectivity index (χ2n) is 3.84. The van der Waals surface area contributed by atoms with E-state index in [2.05, 4.69) is 24.4 Å². The molecule has 1 aromatic rings. The second-order valence-corrected chi connectivity index (χ2v) is 3.84. The van der Waals surface area contributed by atoms with Gasteiger partial charge in [-0.25, -0.2) is 5.43 Å². The van der Waals surface area contributed by atoms with Crippen LogP contribution in [0.15, 0.2) is 29.4 Å². The second kappa shape index (κ2) is 6.68. The summed E-state index contributed by atoms with van der Waals surface area (Å²) >= 11 is 0. The van der Waals surface area contributed by atoms with Crippen molar-refractivity contribution in [1.82, 2.24) is 5.43 Å². The standard InChI is InChI=1S/C13H18N2O2/c1-3-10(4-2)9-14-15-13(17)11-5-7-12(16)8-6-11/h5-10,16H,3-4H2,1-2H3,(H,15,17)/b14-9+. The number of phenols is 1. The molecule has 17 heavy (non-hydrogen) atoms. The maximum absolute atomic E-state index is 11.6. The zero-order chi connectivity index (χ0) is 12.7. The third kappa shape index (κ3) is 4.26. The van der Waals surface area contributed by atoms with E-state index in [1.807, 2.05) is 0 Å². The van der Waals surface area contributed by atoms with E-state index in [4.69, 9.17) is 5.11 Å². The maximum Gasteiger partial charge on any atom is 0.271 e. The van der Waals surface area contributed by atoms with Gasteiger partial charge in [0.05, 0.1) is 0 Å². The quantitative estimate of drug-likeness (QED) is 0.607. The molecule has 0 bridgehead atoms. The largest absolute Gasteiger partial charge is 0.508 e. The number of nitrogens with one attached hydrogen (secondary N) is 1. The summed E-state index contributed by atoms with van der Waals surface area (Å²) in [6, 6.07) is 6.05. The first kappa shape index (κ1) is 13.2. The van der Waals surface area contributed by atoms with Crippen LogP contribution in [0.1, 0.15) is 37.0 Å². The minimum atomic E-state index is -0.271. The Bertz CT molecular complexity index is 381. The molecule has 0 aliphatic rings. The molecular weight excluding hydrogens is 216 g/mol. The highest BCUT2D eigenvalue weighted by molar-refractivity contribution is 5.94. The maximum atomic E-state index is 11.6. The van der Waals surface area contributed by atoms with Gasteiger partial charge in [0, 0.05) is 11.8 Å². The Kier molecular flexibility index (Phi) is 5.20. The topological polar surface area (TPSA) is 61.7 Å². The van der Waals surface area contributed by atoms with Crippen LogP contribution < -0.4 is 5.43 Å². The van der Waals surface area contributed by atoms with E-state index in [9.17, 15) is 4.79 Å². The SMILES string of the molecule is CCC(/C=N/NC(=O)c1ccc(O)cc1)CC. The molecule has 0 saturated carbocycles. The molecule has 1 rings (SSSR count). The molecule has 2 N–H and O–H groups in total. The number of rotatable bonds is 5. The van der Waals surface area contributed by atoms with Crippen molar-refractivity contribution in [2.75, 3.05) is 0 Å². The summed E-state index contributed by atoms with van der Waals surface area (Å²) in [5, 5.41) is 13.0. The van der Waals surface area contributed by atoms with Crippen molar-refractivity contribution < 1.29 is 9.90 Å². The number of carbonyl (C=O) groups excluding carboxylic acids is 1. The lowest BCUT2D eigenvalue weighted by molar-refractivity contribution is 0.0955. The van der Waals surface area contributed by atoms with Gasteiger partial charge in [0.15, 0.2) is 0 Å². The molecule has 0 unspecified atom stereocenters. The Morgan fingerprint density at radius 1 is 1.35 bits per heavy atom. The number of aromatic hydroxyl groups is 1. The summed E-state index contributed by atoms with van der Waals surface area (Å²) < 4.78 is 0. The summed E-state index contributed by atoms with van der Waals surface area (Å²) in [4.78, 5) is 11.6. The van der Waals surface area contributed by atoms with Gasteiger partial charge in [-0.05, 0) is 43.0 Å². The van der Waals surface area contributed by atoms with E-state index in [0.29, 0.717) is 11.5 Å². The number of phenolic OH excluding ortho intramolecular Hbond substituents is 1. The third-order valence-corrected chi connectivity index (χ3v) is 2.63. The van der Waals surface area contributed by atoms with Crippen molar-refractivity contribution in [1.29, 1.82) is 0 Å². The predicted octanol–water partition coefficient (Wildman–Crippen LogP) is 2.54. The average molecular weight is 234 g/mol. The molecule has 4 nitrogen and oxygen atoms in total. The number of hydrazone groups is 1. The van der Waals surface area contributed by atoms with Crippen LogP contribution in [0.25, 0.3) is 0 Å². The molecule has 1 amide bonds. The Balaban J connectivity index is 2.52. The average Bonchev–Trinajstić information content (AvgIpc) is 2.35. The molecule has 0 aliphatic heterocycles. The first-order valence-electron chi connectivity index (χ1n) is 5.79. The Morgan fingerprint density at radius 3 is 2.47 bits per heavy atom. The van der Waals surface area contributed by atoms with Crippen molar-refractivity contribution in [2.45, 2.75) is 26.7 Å². The first-order chi connectivity index (χ1) is 8.17. The number of hydrogen-bond donors (Lipinski definition) is 2. The lowest BCUT2D eigenvalue weighted by atomic mass is 10.1. The summed E-state index contributed by atoms with van der Waals surface area (Å²) in [5.41, 5.74) is 2.94. The lowest BCUT2D eigenvalue weighted by Crippen LogP contribution is -2.18. The van der Waals surface area contributed by atoms with E-state index in [1.165, 1.54) is 12.1 Å². The molecule has 1 aromatic carbocycles. The summed E-state index contributed by atoms with van der Waals surface area (Å²) in [6.07, 6.45) is 3.78. The van der Waals surface area contributed by atoms with Crippen LogP contribution in [0.3, 0.4) is 0 Å². The summed E-state index contributed by atoms with van der Waals surface area (Å²) in [7, 11) is 0. The number of hydrogen-bond acceptors (Lipinski definition) is 3. The molecule has 0 fully saturated rings. The lowest BCUT2D eigenvalue weighted by Gasteiger charge is -2.04. The van der Waals surface area contributed by atoms with Gasteiger partial charge >= 0.3 is 0 Å². The fraction of sp³-hybridized carbons (Fsp3) is 0.385. The molecule has 0 atom stereocenters. The molecule has 0 aliphatic carbocycles. The van der Waals surface area contributed by atoms with Crippen molar-refractivity contribution in [2.24, 2.45) is 11.0 Å². The van der Waals surface area contributed by atoms with E-state index < -0.39 is 0 Å². The normalized spacial score (nSPS) is 11.0. The number of benzene rings is 1. The highest BCUT2D eigenvalue weighted by atomic mass is 16.3. The zero-order valence-electron chi connectivity index (χ0n) is 10.2. The third-order valence-electron chi connectivity index (χ3n) is 2.63. The first-order valence-corrected chi connectivity index (χ1v) is 5.79. The Hall–Kier alpha value is -1.84. The highest BCUT2D eigenvalue weighted by Crippen LogP contribution is 2.09. The minimum absolute atomic E-state index is 0.141. The predicted molar refractivity (Wildman–Crippen MR) is 68.1 cm³/mol. The van der Waals surface area contributed by atoms with Crippen molar-refractivity contribution >= 4 is 12.1 Å². The number of amides is 1. The van der Waals surface area contributed by atoms with Gasteiger partial charge in [-0.3, -0.25) is 4.79 Å². The van der Waals surface area contributed by atoms with Gasteiger partial charge in [0.1, 0.15) is 5.75 Å². The van der Waals surface area contributed by atoms with Crippen LogP contribution in [0.5, 0.6) is 5.75 Å². The van der Waals surface area contributed by atoms with Crippen LogP contribution in [-0.4, -0.2) is 17.2 Å². The van der Waals surface area contributed by atoms with Crippen molar-refractivity contribution in [3.8, 4) is 5.75 Å². The van der Waals surface area contributed by atoms with Gasteiger partial charge < -0.3 is 5.11 Å². The van der Waals surface area contributed by atoms with Gasteiger partial charge in [-0.2, -0.15) is 5.10 Å². The zero-order valence-corrected chi connectivity index (χ0v) is 10.2. The molecule has 0 saturated heterocycles. The van der Waals surface area contributed by atoms with Crippen LogP contribution in [-0.2, 0) is 0 Å². The molecule has 92 valence electrons. The molecule has 0 heterocycles. The van der Waals surface area contributed by atoms with Crippen molar-refractivity contribution in [3.63, 3.8) is 0 Å². The molecule has 0 radical (unpaired) electrons. The Labute approximate surface area is 101 Å². The summed E-state index contributed by atoms with van der Waals surface area (Å²) in [5.74, 6) is 0.268. The van der Waals surface area contributed by atoms with Gasteiger partial charge in [-0.15, -0.1) is 0 Å². The van der Waals surface area contributed by atoms with Crippen molar-refractivity contribution in [3.05, 3.63) is 29.8 Å². The van der Waals surface area contributed by atoms with E-state index >= 15 is 0 Å². The van der Waals surface area contributed by atoms with Gasteiger partial charge in [0.2, 0.25) is 0 Å². The molecular formula is C13H18N2O2. The Morgan fingerprint density at radius 2 is 1.94 bits per heavy atom. The number of nitrogens with zero attached hydrogens (tertiary/aromatic N) is 1. The molecule has 0 spiro atoms. The minimum Gasteiger partial charge on any atom is -0.508 e. The van der Waals surface area contributed by atoms with E-state index in [0.717, 1.165) is 12.8 Å². The van der Waals surface area contributed by atoms with Gasteiger partial charge in [-0.1, -0.05) is 13.8 Å². The smallest absolute Gasteiger partial charge is 0.271 e. The molecule has 0 aromatic heterocycles. The fourth-order valence-corrected chi connectivity index (χ4v) is 1.38. The number of carbonyl (C=O) groups is 1. The van der Waals surface area contributed by atoms with E-state index in [1.54, 1.807) is 18.3 Å².